The van der Waals surface area contributed by atoms with Gasteiger partial charge in [0.05, 0.1) is 17.1 Å². The highest BCUT2D eigenvalue weighted by Crippen LogP contribution is 2.27. The molecular formula is C27H24FN7O4S. The molecule has 0 saturated heterocycles. The molecule has 3 aromatic heterocycles. The highest BCUT2D eigenvalue weighted by Gasteiger charge is 2.20. The number of hydrogen-bond acceptors (Lipinski definition) is 8. The van der Waals surface area contributed by atoms with Crippen molar-refractivity contribution in [3.63, 3.8) is 0 Å². The average Bonchev–Trinajstić information content (AvgIpc) is 3.55. The van der Waals surface area contributed by atoms with E-state index in [4.69, 9.17) is 4.99 Å². The molecule has 0 unspecified atom stereocenters. The van der Waals surface area contributed by atoms with Gasteiger partial charge in [-0.1, -0.05) is 18.2 Å². The van der Waals surface area contributed by atoms with Crippen LogP contribution in [0.25, 0.3) is 22.9 Å². The number of imidazole rings is 1. The molecule has 3 heterocycles. The summed E-state index contributed by atoms with van der Waals surface area (Å²) in [6.07, 6.45) is 6.20. The SMILES string of the molecule is CS(=O)(=O)c1cccc(-c2ccc(F)cc2CNc2cc(=NC3CC3)n3ncc(=Cc4[nH]c(=O)[nH]c4O)c3n2)c1. The van der Waals surface area contributed by atoms with Crippen molar-refractivity contribution >= 4 is 27.4 Å². The molecule has 6 rings (SSSR count). The number of hydrogen-bond donors (Lipinski definition) is 4. The molecular weight excluding hydrogens is 537 g/mol. The molecule has 0 radical (unpaired) electrons. The smallest absolute Gasteiger partial charge is 0.326 e. The number of fused-ring (bicyclic) bond motifs is 1. The number of nitrogens with zero attached hydrogens (tertiary/aromatic N) is 4. The molecule has 2 aromatic carbocycles. The maximum atomic E-state index is 14.3. The second-order valence-electron chi connectivity index (χ2n) is 9.64. The van der Waals surface area contributed by atoms with Gasteiger partial charge >= 0.3 is 5.69 Å². The predicted octanol–water partition coefficient (Wildman–Crippen LogP) is 1.88. The minimum absolute atomic E-state index is 0.172. The Hall–Kier alpha value is -4.78. The molecule has 5 aromatic rings. The minimum atomic E-state index is -3.42. The van der Waals surface area contributed by atoms with Gasteiger partial charge in [-0.05, 0) is 59.9 Å². The van der Waals surface area contributed by atoms with E-state index in [0.717, 1.165) is 19.1 Å². The third-order valence-electron chi connectivity index (χ3n) is 6.48. The molecule has 4 N–H and O–H groups in total. The van der Waals surface area contributed by atoms with Crippen LogP contribution >= 0.6 is 0 Å². The van der Waals surface area contributed by atoms with Crippen molar-refractivity contribution in [2.75, 3.05) is 11.6 Å². The number of H-pyrrole nitrogens is 2. The number of anilines is 1. The second-order valence-corrected chi connectivity index (χ2v) is 11.7. The zero-order chi connectivity index (χ0) is 28.0. The number of aromatic amines is 2. The van der Waals surface area contributed by atoms with Gasteiger partial charge in [0, 0.05) is 24.1 Å². The first-order chi connectivity index (χ1) is 19.1. The number of aromatic hydroxyl groups is 1. The Kier molecular flexibility index (Phi) is 6.22. The monoisotopic (exact) mass is 561 g/mol. The lowest BCUT2D eigenvalue weighted by molar-refractivity contribution is 0.454. The number of nitrogens with one attached hydrogen (secondary N) is 3. The number of halogens is 1. The number of sulfone groups is 1. The summed E-state index contributed by atoms with van der Waals surface area (Å²) >= 11 is 0. The maximum absolute atomic E-state index is 14.3. The zero-order valence-corrected chi connectivity index (χ0v) is 22.0. The largest absolute Gasteiger partial charge is 0.493 e. The number of aromatic nitrogens is 5. The fraction of sp³-hybridized carbons (Fsp3) is 0.185. The summed E-state index contributed by atoms with van der Waals surface area (Å²) in [5.74, 6) is -0.283. The van der Waals surface area contributed by atoms with Crippen LogP contribution in [-0.2, 0) is 16.4 Å². The molecule has 1 aliphatic rings. The van der Waals surface area contributed by atoms with E-state index >= 15 is 0 Å². The van der Waals surface area contributed by atoms with E-state index in [2.05, 4.69) is 25.4 Å². The van der Waals surface area contributed by atoms with Crippen LogP contribution < -0.4 is 21.7 Å². The topological polar surface area (TPSA) is 158 Å². The molecule has 13 heteroatoms. The number of rotatable bonds is 7. The summed E-state index contributed by atoms with van der Waals surface area (Å²) in [6.45, 7) is 0.182. The maximum Gasteiger partial charge on any atom is 0.326 e. The molecule has 11 nitrogen and oxygen atoms in total. The van der Waals surface area contributed by atoms with Gasteiger partial charge in [0.15, 0.2) is 21.0 Å². The Balaban J connectivity index is 1.40. The second kappa shape index (κ2) is 9.75. The molecule has 1 saturated carbocycles. The first-order valence-electron chi connectivity index (χ1n) is 12.4. The van der Waals surface area contributed by atoms with E-state index in [9.17, 15) is 22.7 Å². The molecule has 204 valence electrons. The van der Waals surface area contributed by atoms with E-state index in [1.54, 1.807) is 47.1 Å². The van der Waals surface area contributed by atoms with Gasteiger partial charge < -0.3 is 15.4 Å². The van der Waals surface area contributed by atoms with Gasteiger partial charge in [-0.2, -0.15) is 9.61 Å². The van der Waals surface area contributed by atoms with Crippen LogP contribution in [0.2, 0.25) is 0 Å². The Bertz CT molecular complexity index is 2060. The van der Waals surface area contributed by atoms with Gasteiger partial charge in [-0.15, -0.1) is 0 Å². The van der Waals surface area contributed by atoms with Crippen molar-refractivity contribution in [2.24, 2.45) is 4.99 Å². The van der Waals surface area contributed by atoms with E-state index < -0.39 is 21.3 Å². The van der Waals surface area contributed by atoms with Gasteiger partial charge in [-0.25, -0.2) is 22.6 Å². The summed E-state index contributed by atoms with van der Waals surface area (Å²) in [7, 11) is -3.42. The van der Waals surface area contributed by atoms with E-state index in [0.29, 0.717) is 38.9 Å². The fourth-order valence-corrected chi connectivity index (χ4v) is 5.02. The minimum Gasteiger partial charge on any atom is -0.493 e. The Labute approximate surface area is 226 Å². The van der Waals surface area contributed by atoms with Crippen molar-refractivity contribution in [2.45, 2.75) is 30.3 Å². The lowest BCUT2D eigenvalue weighted by atomic mass is 9.99. The summed E-state index contributed by atoms with van der Waals surface area (Å²) < 4.78 is 40.1. The van der Waals surface area contributed by atoms with Crippen molar-refractivity contribution in [3.8, 4) is 17.0 Å². The molecule has 0 aliphatic heterocycles. The summed E-state index contributed by atoms with van der Waals surface area (Å²) in [5.41, 5.74) is 2.56. The Morgan fingerprint density at radius 1 is 1.20 bits per heavy atom. The summed E-state index contributed by atoms with van der Waals surface area (Å²) in [6, 6.07) is 12.8. The van der Waals surface area contributed by atoms with E-state index in [-0.39, 0.29) is 29.1 Å². The van der Waals surface area contributed by atoms with Crippen LogP contribution in [0.3, 0.4) is 0 Å². The standard InChI is InChI=1S/C27H24FN7O4S/c1-40(38,39)20-4-2-3-15(10-20)21-8-5-18(28)9-16(21)13-29-23-12-24(31-19-6-7-19)35-25(33-23)17(14-30-35)11-22-26(36)34-27(37)32-22/h2-5,8-12,14,19,29,36H,6-7,13H2,1H3,(H2,32,34,37). The average molecular weight is 562 g/mol. The Morgan fingerprint density at radius 2 is 2.02 bits per heavy atom. The summed E-state index contributed by atoms with van der Waals surface area (Å²) in [4.78, 5) is 26.0. The van der Waals surface area contributed by atoms with Crippen LogP contribution in [0.4, 0.5) is 10.2 Å². The zero-order valence-electron chi connectivity index (χ0n) is 21.2. The highest BCUT2D eigenvalue weighted by molar-refractivity contribution is 7.90. The van der Waals surface area contributed by atoms with Gasteiger partial charge in [0.2, 0.25) is 5.88 Å². The lowest BCUT2D eigenvalue weighted by Gasteiger charge is -2.13. The van der Waals surface area contributed by atoms with Crippen molar-refractivity contribution in [1.82, 2.24) is 24.6 Å². The predicted molar refractivity (Wildman–Crippen MR) is 146 cm³/mol. The lowest BCUT2D eigenvalue weighted by Crippen LogP contribution is -2.20. The molecule has 1 aliphatic carbocycles. The van der Waals surface area contributed by atoms with Crippen molar-refractivity contribution < 1.29 is 17.9 Å². The van der Waals surface area contributed by atoms with Crippen LogP contribution in [0, 0.1) is 5.82 Å². The normalized spacial score (nSPS) is 14.8. The highest BCUT2D eigenvalue weighted by atomic mass is 32.2. The molecule has 0 spiro atoms. The van der Waals surface area contributed by atoms with Crippen molar-refractivity contribution in [1.29, 1.82) is 0 Å². The molecule has 0 amide bonds. The quantitative estimate of drug-likeness (QED) is 0.236. The van der Waals surface area contributed by atoms with Crippen LogP contribution in [0.15, 0.2) is 69.4 Å². The third kappa shape index (κ3) is 5.23. The number of benzene rings is 2. The summed E-state index contributed by atoms with van der Waals surface area (Å²) in [5, 5.41) is 18.2. The van der Waals surface area contributed by atoms with Gasteiger partial charge in [0.25, 0.3) is 0 Å². The molecule has 1 fully saturated rings. The van der Waals surface area contributed by atoms with Crippen LogP contribution in [0.1, 0.15) is 24.1 Å². The van der Waals surface area contributed by atoms with Gasteiger partial charge in [-0.3, -0.25) is 9.98 Å². The van der Waals surface area contributed by atoms with E-state index in [1.807, 2.05) is 0 Å². The van der Waals surface area contributed by atoms with Crippen LogP contribution in [-0.4, -0.2) is 50.4 Å². The van der Waals surface area contributed by atoms with Gasteiger partial charge in [0.1, 0.15) is 17.3 Å². The first-order valence-corrected chi connectivity index (χ1v) is 14.3. The van der Waals surface area contributed by atoms with E-state index in [1.165, 1.54) is 18.2 Å². The van der Waals surface area contributed by atoms with Crippen molar-refractivity contribution in [3.05, 3.63) is 93.0 Å². The molecule has 40 heavy (non-hydrogen) atoms. The van der Waals surface area contributed by atoms with Crippen LogP contribution in [0.5, 0.6) is 5.88 Å². The fourth-order valence-electron chi connectivity index (χ4n) is 4.36. The first kappa shape index (κ1) is 25.5. The third-order valence-corrected chi connectivity index (χ3v) is 7.59. The molecule has 0 atom stereocenters. The Morgan fingerprint density at radius 3 is 2.75 bits per heavy atom. The molecule has 0 bridgehead atoms.